The van der Waals surface area contributed by atoms with E-state index in [1.807, 2.05) is 27.7 Å². The first-order valence-electron chi connectivity index (χ1n) is 12.3. The van der Waals surface area contributed by atoms with Gasteiger partial charge in [0.05, 0.1) is 35.8 Å². The summed E-state index contributed by atoms with van der Waals surface area (Å²) >= 11 is 1.64. The van der Waals surface area contributed by atoms with Crippen LogP contribution in [0.15, 0.2) is 12.7 Å². The SMILES string of the molecule is C=CCN(C(=O)C1N([C@@H](CO)[C@@H](C)CC)C(=O)[C@@H]2[C@H](C(=O)OCC)[C@@H]3CC(C)C12S3)C(C)C. The molecule has 2 amide bonds. The van der Waals surface area contributed by atoms with E-state index in [0.29, 0.717) is 6.54 Å². The van der Waals surface area contributed by atoms with Crippen molar-refractivity contribution in [3.05, 3.63) is 12.7 Å². The summed E-state index contributed by atoms with van der Waals surface area (Å²) in [6.07, 6.45) is 3.24. The second-order valence-electron chi connectivity index (χ2n) is 10.1. The molecule has 0 aromatic carbocycles. The van der Waals surface area contributed by atoms with Gasteiger partial charge in [0.25, 0.3) is 0 Å². The topological polar surface area (TPSA) is 87.2 Å². The third-order valence-electron chi connectivity index (χ3n) is 8.05. The van der Waals surface area contributed by atoms with Gasteiger partial charge >= 0.3 is 5.97 Å². The lowest BCUT2D eigenvalue weighted by molar-refractivity contribution is -0.154. The fourth-order valence-corrected chi connectivity index (χ4v) is 8.66. The summed E-state index contributed by atoms with van der Waals surface area (Å²) in [6, 6.07) is -1.28. The first-order chi connectivity index (χ1) is 15.6. The molecular formula is C25H40N2O5S. The Labute approximate surface area is 202 Å². The molecule has 3 heterocycles. The van der Waals surface area contributed by atoms with Crippen molar-refractivity contribution >= 4 is 29.5 Å². The van der Waals surface area contributed by atoms with Crippen LogP contribution in [0.1, 0.15) is 54.4 Å². The summed E-state index contributed by atoms with van der Waals surface area (Å²) in [5.41, 5.74) is 0. The standard InChI is InChI=1S/C25H40N2O5S/c1-8-11-26(14(4)5)23(30)21-25-16(7)12-18(33-25)19(24(31)32-10-3)20(25)22(29)27(21)17(13-28)15(6)9-2/h8,14-21,28H,1,9-13H2,2-7H3/t15-,16?,17-,18-,19+,20-,21?,25?/m0/s1. The molecule has 1 N–H and O–H groups in total. The highest BCUT2D eigenvalue weighted by Crippen LogP contribution is 2.69. The molecule has 0 aromatic rings. The molecule has 1 spiro atoms. The van der Waals surface area contributed by atoms with Crippen LogP contribution in [-0.2, 0) is 19.1 Å². The van der Waals surface area contributed by atoms with Gasteiger partial charge in [0.15, 0.2) is 0 Å². The molecular weight excluding hydrogens is 440 g/mol. The highest BCUT2D eigenvalue weighted by Gasteiger charge is 2.77. The molecule has 3 rings (SSSR count). The Hall–Kier alpha value is -1.54. The summed E-state index contributed by atoms with van der Waals surface area (Å²) < 4.78 is 4.69. The molecule has 3 aliphatic heterocycles. The number of hydrogen-bond donors (Lipinski definition) is 1. The lowest BCUT2D eigenvalue weighted by Gasteiger charge is -2.43. The highest BCUT2D eigenvalue weighted by atomic mass is 32.2. The number of amides is 2. The average Bonchev–Trinajstić information content (AvgIpc) is 3.36. The number of carbonyl (C=O) groups excluding carboxylic acids is 3. The van der Waals surface area contributed by atoms with Crippen LogP contribution < -0.4 is 0 Å². The Morgan fingerprint density at radius 2 is 2.03 bits per heavy atom. The maximum absolute atomic E-state index is 14.2. The maximum Gasteiger partial charge on any atom is 0.310 e. The van der Waals surface area contributed by atoms with Gasteiger partial charge in [0, 0.05) is 17.8 Å². The van der Waals surface area contributed by atoms with Crippen molar-refractivity contribution in [1.29, 1.82) is 0 Å². The maximum atomic E-state index is 14.2. The number of thioether (sulfide) groups is 1. The zero-order valence-corrected chi connectivity index (χ0v) is 21.6. The number of nitrogens with zero attached hydrogens (tertiary/aromatic N) is 2. The van der Waals surface area contributed by atoms with Gasteiger partial charge in [0.2, 0.25) is 11.8 Å². The minimum atomic E-state index is -0.729. The van der Waals surface area contributed by atoms with Crippen LogP contribution in [0, 0.1) is 23.7 Å². The first kappa shape index (κ1) is 26.1. The quantitative estimate of drug-likeness (QED) is 0.382. The van der Waals surface area contributed by atoms with E-state index in [4.69, 9.17) is 4.74 Å². The molecule has 3 aliphatic rings. The summed E-state index contributed by atoms with van der Waals surface area (Å²) in [5.74, 6) is -1.72. The summed E-state index contributed by atoms with van der Waals surface area (Å²) in [5, 5.41) is 10.3. The zero-order chi connectivity index (χ0) is 24.7. The third kappa shape index (κ3) is 3.91. The Bertz CT molecular complexity index is 789. The predicted octanol–water partition coefficient (Wildman–Crippen LogP) is 2.72. The van der Waals surface area contributed by atoms with Gasteiger partial charge in [-0.15, -0.1) is 18.3 Å². The molecule has 0 aliphatic carbocycles. The van der Waals surface area contributed by atoms with Gasteiger partial charge < -0.3 is 19.6 Å². The van der Waals surface area contributed by atoms with E-state index in [1.54, 1.807) is 34.6 Å². The van der Waals surface area contributed by atoms with Gasteiger partial charge in [-0.2, -0.15) is 0 Å². The van der Waals surface area contributed by atoms with E-state index in [1.165, 1.54) is 0 Å². The van der Waals surface area contributed by atoms with Crippen molar-refractivity contribution in [2.45, 2.75) is 82.5 Å². The molecule has 0 saturated carbocycles. The van der Waals surface area contributed by atoms with Crippen molar-refractivity contribution in [2.75, 3.05) is 19.8 Å². The number of esters is 1. The minimum Gasteiger partial charge on any atom is -0.466 e. The summed E-state index contributed by atoms with van der Waals surface area (Å²) in [7, 11) is 0. The second kappa shape index (κ2) is 9.98. The molecule has 0 aromatic heterocycles. The zero-order valence-electron chi connectivity index (χ0n) is 20.8. The average molecular weight is 481 g/mol. The van der Waals surface area contributed by atoms with Crippen LogP contribution in [0.5, 0.6) is 0 Å². The third-order valence-corrected chi connectivity index (χ3v) is 10.1. The van der Waals surface area contributed by atoms with Crippen molar-refractivity contribution in [3.63, 3.8) is 0 Å². The van der Waals surface area contributed by atoms with Crippen LogP contribution in [-0.4, -0.2) is 80.6 Å². The van der Waals surface area contributed by atoms with Crippen molar-refractivity contribution < 1.29 is 24.2 Å². The van der Waals surface area contributed by atoms with Crippen molar-refractivity contribution in [1.82, 2.24) is 9.80 Å². The Morgan fingerprint density at radius 1 is 1.36 bits per heavy atom. The second-order valence-corrected chi connectivity index (χ2v) is 11.6. The molecule has 8 heteroatoms. The Balaban J connectivity index is 2.17. The Morgan fingerprint density at radius 3 is 2.55 bits per heavy atom. The van der Waals surface area contributed by atoms with Crippen molar-refractivity contribution in [2.24, 2.45) is 23.7 Å². The molecule has 8 atom stereocenters. The fourth-order valence-electron chi connectivity index (χ4n) is 6.27. The van der Waals surface area contributed by atoms with Gasteiger partial charge in [-0.05, 0) is 39.0 Å². The van der Waals surface area contributed by atoms with E-state index in [9.17, 15) is 19.5 Å². The molecule has 7 nitrogen and oxygen atoms in total. The van der Waals surface area contributed by atoms with E-state index in [-0.39, 0.29) is 54.1 Å². The van der Waals surface area contributed by atoms with Gasteiger partial charge in [-0.3, -0.25) is 14.4 Å². The number of carbonyl (C=O) groups is 3. The normalized spacial score (nSPS) is 34.4. The number of aliphatic hydroxyl groups is 1. The van der Waals surface area contributed by atoms with E-state index in [2.05, 4.69) is 13.5 Å². The lowest BCUT2D eigenvalue weighted by atomic mass is 9.66. The van der Waals surface area contributed by atoms with Crippen LogP contribution in [0.25, 0.3) is 0 Å². The number of hydrogen-bond acceptors (Lipinski definition) is 6. The van der Waals surface area contributed by atoms with Crippen molar-refractivity contribution in [3.8, 4) is 0 Å². The molecule has 0 radical (unpaired) electrons. The molecule has 3 fully saturated rings. The summed E-state index contributed by atoms with van der Waals surface area (Å²) in [6.45, 7) is 16.1. The van der Waals surface area contributed by atoms with Gasteiger partial charge in [-0.25, -0.2) is 0 Å². The highest BCUT2D eigenvalue weighted by molar-refractivity contribution is 8.02. The number of fused-ring (bicyclic) bond motifs is 1. The number of rotatable bonds is 10. The molecule has 33 heavy (non-hydrogen) atoms. The predicted molar refractivity (Wildman–Crippen MR) is 130 cm³/mol. The molecule has 3 unspecified atom stereocenters. The molecule has 186 valence electrons. The fraction of sp³-hybridized carbons (Fsp3) is 0.800. The van der Waals surface area contributed by atoms with Crippen LogP contribution in [0.2, 0.25) is 0 Å². The van der Waals surface area contributed by atoms with E-state index >= 15 is 0 Å². The number of ether oxygens (including phenoxy) is 1. The largest absolute Gasteiger partial charge is 0.466 e. The van der Waals surface area contributed by atoms with E-state index < -0.39 is 28.7 Å². The number of aliphatic hydroxyl groups excluding tert-OH is 1. The Kier molecular flexibility index (Phi) is 7.89. The minimum absolute atomic E-state index is 0.00919. The monoisotopic (exact) mass is 480 g/mol. The van der Waals surface area contributed by atoms with Gasteiger partial charge in [0.1, 0.15) is 6.04 Å². The van der Waals surface area contributed by atoms with Crippen LogP contribution >= 0.6 is 11.8 Å². The number of likely N-dealkylation sites (tertiary alicyclic amines) is 1. The van der Waals surface area contributed by atoms with Crippen LogP contribution in [0.3, 0.4) is 0 Å². The molecule has 3 saturated heterocycles. The van der Waals surface area contributed by atoms with E-state index in [0.717, 1.165) is 12.8 Å². The first-order valence-corrected chi connectivity index (χ1v) is 13.2. The van der Waals surface area contributed by atoms with Crippen LogP contribution in [0.4, 0.5) is 0 Å². The smallest absolute Gasteiger partial charge is 0.310 e. The lowest BCUT2D eigenvalue weighted by Crippen LogP contribution is -2.61. The molecule has 2 bridgehead atoms. The van der Waals surface area contributed by atoms with Gasteiger partial charge in [-0.1, -0.05) is 33.3 Å². The summed E-state index contributed by atoms with van der Waals surface area (Å²) in [4.78, 5) is 44.8.